The zero-order valence-electron chi connectivity index (χ0n) is 19.1. The molecule has 0 unspecified atom stereocenters. The number of para-hydroxylation sites is 1. The summed E-state index contributed by atoms with van der Waals surface area (Å²) in [5.41, 5.74) is 1.75. The van der Waals surface area contributed by atoms with Gasteiger partial charge < -0.3 is 4.90 Å². The molecule has 0 bridgehead atoms. The molecule has 0 spiro atoms. The van der Waals surface area contributed by atoms with Crippen LogP contribution in [0.4, 0.5) is 27.6 Å². The van der Waals surface area contributed by atoms with E-state index in [-0.39, 0.29) is 0 Å². The lowest BCUT2D eigenvalue weighted by molar-refractivity contribution is 0.384. The highest BCUT2D eigenvalue weighted by molar-refractivity contribution is 7.01. The number of hydrogen-bond donors (Lipinski definition) is 0. The lowest BCUT2D eigenvalue weighted by Crippen LogP contribution is -2.49. The maximum Gasteiger partial charge on any atom is 0.252 e. The minimum Gasteiger partial charge on any atom is -0.378 e. The van der Waals surface area contributed by atoms with Crippen LogP contribution in [0.3, 0.4) is 0 Å². The van der Waals surface area contributed by atoms with Crippen LogP contribution < -0.4 is 15.8 Å². The van der Waals surface area contributed by atoms with E-state index >= 15 is 8.78 Å². The maximum atomic E-state index is 15.3. The Bertz CT molecular complexity index is 1340. The Morgan fingerprint density at radius 3 is 1.69 bits per heavy atom. The van der Waals surface area contributed by atoms with Gasteiger partial charge in [-0.05, 0) is 22.7 Å². The summed E-state index contributed by atoms with van der Waals surface area (Å²) in [5.74, 6) is -9.84. The molecule has 0 aliphatic rings. The Labute approximate surface area is 201 Å². The van der Waals surface area contributed by atoms with Gasteiger partial charge in [-0.25, -0.2) is 22.0 Å². The molecule has 0 saturated carbocycles. The second-order valence-electron chi connectivity index (χ2n) is 8.25. The van der Waals surface area contributed by atoms with Gasteiger partial charge in [-0.2, -0.15) is 0 Å². The van der Waals surface area contributed by atoms with Crippen molar-refractivity contribution < 1.29 is 22.0 Å². The van der Waals surface area contributed by atoms with E-state index in [9.17, 15) is 13.2 Å². The average molecular weight is 477 g/mol. The number of hydrogen-bond acceptors (Lipinski definition) is 1. The highest BCUT2D eigenvalue weighted by Crippen LogP contribution is 2.27. The Morgan fingerprint density at radius 1 is 0.629 bits per heavy atom. The second kappa shape index (κ2) is 10.2. The average Bonchev–Trinajstić information content (AvgIpc) is 2.89. The Kier molecular flexibility index (Phi) is 7.06. The molecule has 0 amide bonds. The summed E-state index contributed by atoms with van der Waals surface area (Å²) in [6.45, 7) is -1.30. The predicted octanol–water partition coefficient (Wildman–Crippen LogP) is 5.84. The number of benzene rings is 4. The van der Waals surface area contributed by atoms with Gasteiger partial charge in [0.25, 0.3) is 6.71 Å². The van der Waals surface area contributed by atoms with Crippen LogP contribution in [-0.4, -0.2) is 20.8 Å². The van der Waals surface area contributed by atoms with Gasteiger partial charge in [-0.3, -0.25) is 0 Å². The first-order chi connectivity index (χ1) is 16.8. The summed E-state index contributed by atoms with van der Waals surface area (Å²) in [4.78, 5) is 1.74. The quantitative estimate of drug-likeness (QED) is 0.111. The summed E-state index contributed by atoms with van der Waals surface area (Å²) in [7, 11) is 3.50. The maximum absolute atomic E-state index is 15.3. The summed E-state index contributed by atoms with van der Waals surface area (Å²) >= 11 is 0. The molecular weight excluding hydrogens is 456 g/mol. The molecule has 0 aliphatic heterocycles. The van der Waals surface area contributed by atoms with Crippen molar-refractivity contribution in [2.24, 2.45) is 0 Å². The predicted molar refractivity (Wildman–Crippen MR) is 133 cm³/mol. The smallest absolute Gasteiger partial charge is 0.252 e. The first kappa shape index (κ1) is 24.3. The van der Waals surface area contributed by atoms with Crippen molar-refractivity contribution in [3.05, 3.63) is 125 Å². The van der Waals surface area contributed by atoms with E-state index in [1.54, 1.807) is 104 Å². The normalized spacial score (nSPS) is 11.5. The standard InChI is InChI=1S/C28H21BF5N/c1-35(2)22-16-10-9-15-20(22)29(23-24(30)26(32)28(34)27(33)25(23)31)21(19-13-7-4-8-14-19)17-18-11-5-3-6-12-18/h3-17H,1-2H3/b21-17+. The molecule has 0 aromatic heterocycles. The highest BCUT2D eigenvalue weighted by Gasteiger charge is 2.37. The third-order valence-corrected chi connectivity index (χ3v) is 5.80. The lowest BCUT2D eigenvalue weighted by Gasteiger charge is -2.26. The summed E-state index contributed by atoms with van der Waals surface area (Å²) < 4.78 is 73.5. The van der Waals surface area contributed by atoms with Gasteiger partial charge in [0.1, 0.15) is 0 Å². The fourth-order valence-corrected chi connectivity index (χ4v) is 4.19. The monoisotopic (exact) mass is 477 g/mol. The first-order valence-corrected chi connectivity index (χ1v) is 10.9. The SMILES string of the molecule is CN(C)c1ccccc1B(/C(=C/c1ccccc1)c1ccccc1)c1c(F)c(F)c(F)c(F)c1F. The molecule has 4 aromatic carbocycles. The molecule has 4 aromatic rings. The second-order valence-corrected chi connectivity index (χ2v) is 8.25. The third kappa shape index (κ3) is 4.71. The molecule has 35 heavy (non-hydrogen) atoms. The molecule has 0 heterocycles. The van der Waals surface area contributed by atoms with Crippen molar-refractivity contribution in [2.45, 2.75) is 0 Å². The molecule has 0 atom stereocenters. The number of nitrogens with zero attached hydrogens (tertiary/aromatic N) is 1. The highest BCUT2D eigenvalue weighted by atomic mass is 19.2. The van der Waals surface area contributed by atoms with E-state index in [2.05, 4.69) is 0 Å². The van der Waals surface area contributed by atoms with Crippen molar-refractivity contribution in [1.82, 2.24) is 0 Å². The van der Waals surface area contributed by atoms with Crippen molar-refractivity contribution in [3.63, 3.8) is 0 Å². The van der Waals surface area contributed by atoms with Gasteiger partial charge in [0.2, 0.25) is 0 Å². The molecule has 0 aliphatic carbocycles. The Balaban J connectivity index is 2.14. The van der Waals surface area contributed by atoms with Crippen LogP contribution in [0.5, 0.6) is 0 Å². The van der Waals surface area contributed by atoms with Gasteiger partial charge in [-0.15, -0.1) is 0 Å². The van der Waals surface area contributed by atoms with E-state index in [1.165, 1.54) is 0 Å². The van der Waals surface area contributed by atoms with Gasteiger partial charge in [0.05, 0.1) is 0 Å². The molecule has 0 fully saturated rings. The molecule has 1 nitrogen and oxygen atoms in total. The molecule has 7 heteroatoms. The van der Waals surface area contributed by atoms with Crippen LogP contribution in [0.1, 0.15) is 11.1 Å². The van der Waals surface area contributed by atoms with E-state index in [1.807, 2.05) is 6.07 Å². The lowest BCUT2D eigenvalue weighted by atomic mass is 9.34. The Morgan fingerprint density at radius 2 is 1.11 bits per heavy atom. The summed E-state index contributed by atoms with van der Waals surface area (Å²) in [5, 5.41) is 0. The third-order valence-electron chi connectivity index (χ3n) is 5.80. The minimum absolute atomic E-state index is 0.384. The Hall–Kier alpha value is -3.87. The van der Waals surface area contributed by atoms with Gasteiger partial charge in [0, 0.05) is 25.2 Å². The number of anilines is 1. The van der Waals surface area contributed by atoms with Crippen molar-refractivity contribution in [3.8, 4) is 0 Å². The van der Waals surface area contributed by atoms with Gasteiger partial charge in [-0.1, -0.05) is 90.4 Å². The molecule has 0 saturated heterocycles. The first-order valence-electron chi connectivity index (χ1n) is 10.9. The van der Waals surface area contributed by atoms with Crippen LogP contribution in [0.15, 0.2) is 84.9 Å². The topological polar surface area (TPSA) is 3.24 Å². The summed E-state index contributed by atoms with van der Waals surface area (Å²) in [6.07, 6.45) is 1.71. The fourth-order valence-electron chi connectivity index (χ4n) is 4.19. The minimum atomic E-state index is -2.18. The molecule has 176 valence electrons. The van der Waals surface area contributed by atoms with Crippen molar-refractivity contribution in [2.75, 3.05) is 19.0 Å². The van der Waals surface area contributed by atoms with Crippen molar-refractivity contribution >= 4 is 34.9 Å². The van der Waals surface area contributed by atoms with Crippen LogP contribution in [0.25, 0.3) is 11.5 Å². The van der Waals surface area contributed by atoms with E-state index in [4.69, 9.17) is 0 Å². The zero-order chi connectivity index (χ0) is 25.1. The van der Waals surface area contributed by atoms with Crippen LogP contribution in [0, 0.1) is 29.1 Å². The number of rotatable bonds is 6. The molecule has 0 radical (unpaired) electrons. The van der Waals surface area contributed by atoms with E-state index in [0.29, 0.717) is 27.7 Å². The fraction of sp³-hybridized carbons (Fsp3) is 0.0714. The largest absolute Gasteiger partial charge is 0.378 e. The number of halogens is 5. The zero-order valence-corrected chi connectivity index (χ0v) is 19.1. The molecule has 0 N–H and O–H groups in total. The molecule has 4 rings (SSSR count). The van der Waals surface area contributed by atoms with Crippen LogP contribution >= 0.6 is 0 Å². The van der Waals surface area contributed by atoms with E-state index < -0.39 is 41.3 Å². The van der Waals surface area contributed by atoms with Gasteiger partial charge >= 0.3 is 0 Å². The molecular formula is C28H21BF5N. The van der Waals surface area contributed by atoms with Gasteiger partial charge in [0.15, 0.2) is 29.1 Å². The van der Waals surface area contributed by atoms with Crippen LogP contribution in [-0.2, 0) is 0 Å². The van der Waals surface area contributed by atoms with E-state index in [0.717, 1.165) is 0 Å². The van der Waals surface area contributed by atoms with Crippen LogP contribution in [0.2, 0.25) is 0 Å². The summed E-state index contributed by atoms with van der Waals surface area (Å²) in [6, 6.07) is 24.6. The van der Waals surface area contributed by atoms with Crippen molar-refractivity contribution in [1.29, 1.82) is 0 Å².